The van der Waals surface area contributed by atoms with Crippen LogP contribution in [0.2, 0.25) is 5.02 Å². The molecule has 0 aliphatic carbocycles. The number of rotatable bonds is 5. The van der Waals surface area contributed by atoms with Gasteiger partial charge < -0.3 is 0 Å². The molecule has 0 aliphatic heterocycles. The van der Waals surface area contributed by atoms with E-state index in [2.05, 4.69) is 4.72 Å². The smallest absolute Gasteiger partial charge is 0.261 e. The third-order valence-electron chi connectivity index (χ3n) is 4.54. The zero-order valence-corrected chi connectivity index (χ0v) is 16.7. The van der Waals surface area contributed by atoms with Crippen LogP contribution in [-0.4, -0.2) is 14.2 Å². The monoisotopic (exact) mass is 421 g/mol. The molecule has 4 aromatic carbocycles. The molecule has 0 aromatic heterocycles. The minimum atomic E-state index is -3.90. The minimum absolute atomic E-state index is 0.115. The standard InChI is InChI=1S/C23H16ClNO3S/c24-19-11-13-22(21(15-19)23(26)17-7-2-1-3-8-17)25-29(27,28)20-12-10-16-6-4-5-9-18(16)14-20/h1-15,25H. The highest BCUT2D eigenvalue weighted by molar-refractivity contribution is 7.92. The Kier molecular flexibility index (Phi) is 5.09. The number of halogens is 1. The summed E-state index contributed by atoms with van der Waals surface area (Å²) < 4.78 is 28.5. The number of nitrogens with one attached hydrogen (secondary N) is 1. The van der Waals surface area contributed by atoms with Crippen molar-refractivity contribution in [3.63, 3.8) is 0 Å². The zero-order chi connectivity index (χ0) is 20.4. The number of carbonyl (C=O) groups excluding carboxylic acids is 1. The highest BCUT2D eigenvalue weighted by Gasteiger charge is 2.20. The molecule has 144 valence electrons. The van der Waals surface area contributed by atoms with Crippen LogP contribution in [0, 0.1) is 0 Å². The maximum Gasteiger partial charge on any atom is 0.261 e. The van der Waals surface area contributed by atoms with E-state index in [4.69, 9.17) is 11.6 Å². The van der Waals surface area contributed by atoms with Gasteiger partial charge in [-0.2, -0.15) is 0 Å². The van der Waals surface area contributed by atoms with Crippen LogP contribution in [0.25, 0.3) is 10.8 Å². The first-order chi connectivity index (χ1) is 13.9. The van der Waals surface area contributed by atoms with Crippen molar-refractivity contribution >= 4 is 43.9 Å². The van der Waals surface area contributed by atoms with Crippen molar-refractivity contribution < 1.29 is 13.2 Å². The number of ketones is 1. The van der Waals surface area contributed by atoms with Crippen molar-refractivity contribution in [2.75, 3.05) is 4.72 Å². The average molecular weight is 422 g/mol. The van der Waals surface area contributed by atoms with Gasteiger partial charge in [-0.05, 0) is 41.1 Å². The molecule has 0 unspecified atom stereocenters. The SMILES string of the molecule is O=C(c1ccccc1)c1cc(Cl)ccc1NS(=O)(=O)c1ccc2ccccc2c1. The number of carbonyl (C=O) groups is 1. The molecule has 6 heteroatoms. The summed E-state index contributed by atoms with van der Waals surface area (Å²) in [4.78, 5) is 13.0. The van der Waals surface area contributed by atoms with Gasteiger partial charge in [0.05, 0.1) is 10.6 Å². The quantitative estimate of drug-likeness (QED) is 0.431. The van der Waals surface area contributed by atoms with Crippen molar-refractivity contribution in [2.45, 2.75) is 4.90 Å². The largest absolute Gasteiger partial charge is 0.289 e. The minimum Gasteiger partial charge on any atom is -0.289 e. The molecular weight excluding hydrogens is 406 g/mol. The number of hydrogen-bond acceptors (Lipinski definition) is 3. The lowest BCUT2D eigenvalue weighted by Gasteiger charge is -2.13. The Morgan fingerprint density at radius 3 is 2.21 bits per heavy atom. The summed E-state index contributed by atoms with van der Waals surface area (Å²) in [6.07, 6.45) is 0. The fraction of sp³-hybridized carbons (Fsp3) is 0. The Labute approximate surface area is 173 Å². The van der Waals surface area contributed by atoms with Crippen molar-refractivity contribution in [1.29, 1.82) is 0 Å². The molecule has 4 nitrogen and oxygen atoms in total. The van der Waals surface area contributed by atoms with E-state index in [1.54, 1.807) is 54.6 Å². The molecule has 4 aromatic rings. The molecule has 29 heavy (non-hydrogen) atoms. The second-order valence-electron chi connectivity index (χ2n) is 6.50. The molecule has 0 saturated carbocycles. The van der Waals surface area contributed by atoms with Crippen LogP contribution in [0.4, 0.5) is 5.69 Å². The summed E-state index contributed by atoms with van der Waals surface area (Å²) >= 11 is 6.07. The molecule has 4 rings (SSSR count). The maximum absolute atomic E-state index is 13.0. The van der Waals surface area contributed by atoms with Gasteiger partial charge in [0.2, 0.25) is 0 Å². The van der Waals surface area contributed by atoms with Gasteiger partial charge in [0.25, 0.3) is 10.0 Å². The van der Waals surface area contributed by atoms with Crippen molar-refractivity contribution in [1.82, 2.24) is 0 Å². The Balaban J connectivity index is 1.74. The predicted molar refractivity (Wildman–Crippen MR) is 116 cm³/mol. The average Bonchev–Trinajstić information content (AvgIpc) is 2.74. The lowest BCUT2D eigenvalue weighted by Crippen LogP contribution is -2.16. The first kappa shape index (κ1) is 19.2. The summed E-state index contributed by atoms with van der Waals surface area (Å²) in [6, 6.07) is 25.5. The Morgan fingerprint density at radius 2 is 1.45 bits per heavy atom. The van der Waals surface area contributed by atoms with E-state index in [1.807, 2.05) is 24.3 Å². The van der Waals surface area contributed by atoms with Crippen LogP contribution < -0.4 is 4.72 Å². The van der Waals surface area contributed by atoms with Gasteiger partial charge in [0, 0.05) is 16.1 Å². The number of benzene rings is 4. The van der Waals surface area contributed by atoms with E-state index >= 15 is 0 Å². The molecule has 0 amide bonds. The van der Waals surface area contributed by atoms with E-state index < -0.39 is 10.0 Å². The van der Waals surface area contributed by atoms with E-state index in [1.165, 1.54) is 12.1 Å². The van der Waals surface area contributed by atoms with Crippen LogP contribution in [-0.2, 0) is 10.0 Å². The molecular formula is C23H16ClNO3S. The van der Waals surface area contributed by atoms with Gasteiger partial charge in [-0.1, -0.05) is 72.3 Å². The lowest BCUT2D eigenvalue weighted by molar-refractivity contribution is 0.103. The Morgan fingerprint density at radius 1 is 0.759 bits per heavy atom. The van der Waals surface area contributed by atoms with E-state index in [9.17, 15) is 13.2 Å². The second-order valence-corrected chi connectivity index (χ2v) is 8.62. The van der Waals surface area contributed by atoms with Crippen molar-refractivity contribution in [2.24, 2.45) is 0 Å². The van der Waals surface area contributed by atoms with E-state index in [0.717, 1.165) is 10.8 Å². The summed E-state index contributed by atoms with van der Waals surface area (Å²) in [5, 5.41) is 2.10. The summed E-state index contributed by atoms with van der Waals surface area (Å²) in [5.41, 5.74) is 0.811. The maximum atomic E-state index is 13.0. The predicted octanol–water partition coefficient (Wildman–Crippen LogP) is 5.53. The van der Waals surface area contributed by atoms with Gasteiger partial charge in [0.15, 0.2) is 5.78 Å². The van der Waals surface area contributed by atoms with Crippen molar-refractivity contribution in [3.8, 4) is 0 Å². The normalized spacial score (nSPS) is 11.3. The van der Waals surface area contributed by atoms with Crippen LogP contribution in [0.15, 0.2) is 95.9 Å². The fourth-order valence-corrected chi connectivity index (χ4v) is 4.36. The van der Waals surface area contributed by atoms with E-state index in [0.29, 0.717) is 10.6 Å². The first-order valence-corrected chi connectivity index (χ1v) is 10.7. The third-order valence-corrected chi connectivity index (χ3v) is 6.14. The number of fused-ring (bicyclic) bond motifs is 1. The molecule has 0 aliphatic rings. The summed E-state index contributed by atoms with van der Waals surface area (Å²) in [5.74, 6) is -0.315. The summed E-state index contributed by atoms with van der Waals surface area (Å²) in [7, 11) is -3.90. The molecule has 0 heterocycles. The van der Waals surface area contributed by atoms with Gasteiger partial charge in [-0.15, -0.1) is 0 Å². The molecule has 1 N–H and O–H groups in total. The Bertz CT molecular complexity index is 1320. The van der Waals surface area contributed by atoms with Gasteiger partial charge in [-0.3, -0.25) is 9.52 Å². The Hall–Kier alpha value is -3.15. The lowest BCUT2D eigenvalue weighted by atomic mass is 10.0. The number of sulfonamides is 1. The second kappa shape index (κ2) is 7.70. The van der Waals surface area contributed by atoms with Crippen molar-refractivity contribution in [3.05, 3.63) is 107 Å². The third kappa shape index (κ3) is 4.01. The number of anilines is 1. The van der Waals surface area contributed by atoms with Crippen LogP contribution in [0.3, 0.4) is 0 Å². The molecule has 0 atom stereocenters. The molecule has 0 fully saturated rings. The van der Waals surface area contributed by atoms with Crippen LogP contribution in [0.5, 0.6) is 0 Å². The summed E-state index contributed by atoms with van der Waals surface area (Å²) in [6.45, 7) is 0. The van der Waals surface area contributed by atoms with Gasteiger partial charge >= 0.3 is 0 Å². The topological polar surface area (TPSA) is 63.2 Å². The van der Waals surface area contributed by atoms with Crippen LogP contribution >= 0.6 is 11.6 Å². The zero-order valence-electron chi connectivity index (χ0n) is 15.2. The van der Waals surface area contributed by atoms with Gasteiger partial charge in [0.1, 0.15) is 0 Å². The highest BCUT2D eigenvalue weighted by Crippen LogP contribution is 2.27. The van der Waals surface area contributed by atoms with Crippen LogP contribution in [0.1, 0.15) is 15.9 Å². The first-order valence-electron chi connectivity index (χ1n) is 8.85. The molecule has 0 radical (unpaired) electrons. The molecule has 0 spiro atoms. The van der Waals surface area contributed by atoms with E-state index in [-0.39, 0.29) is 21.9 Å². The number of hydrogen-bond donors (Lipinski definition) is 1. The molecule has 0 saturated heterocycles. The molecule has 0 bridgehead atoms. The van der Waals surface area contributed by atoms with Gasteiger partial charge in [-0.25, -0.2) is 8.42 Å². The fourth-order valence-electron chi connectivity index (χ4n) is 3.08. The highest BCUT2D eigenvalue weighted by atomic mass is 35.5.